The maximum Gasteiger partial charge on any atom is 0.256 e. The number of hydrogen-bond acceptors (Lipinski definition) is 4. The molecule has 0 saturated carbocycles. The minimum Gasteiger partial charge on any atom is -0.350 e. The summed E-state index contributed by atoms with van der Waals surface area (Å²) in [7, 11) is 0. The molecule has 1 aromatic carbocycles. The Kier molecular flexibility index (Phi) is 5.18. The van der Waals surface area contributed by atoms with Gasteiger partial charge in [0, 0.05) is 22.9 Å². The number of aryl methyl sites for hydroxylation is 2. The van der Waals surface area contributed by atoms with Gasteiger partial charge in [-0.05, 0) is 40.7 Å². The maximum atomic E-state index is 12.9. The third-order valence-corrected chi connectivity index (χ3v) is 4.07. The van der Waals surface area contributed by atoms with E-state index in [4.69, 9.17) is 0 Å². The highest BCUT2D eigenvalue weighted by Gasteiger charge is 2.19. The molecular formula is C21H25N5O2. The van der Waals surface area contributed by atoms with Gasteiger partial charge in [-0.3, -0.25) is 14.2 Å². The first kappa shape index (κ1) is 19.5. The molecule has 0 unspecified atom stereocenters. The molecule has 3 aromatic rings. The van der Waals surface area contributed by atoms with Crippen LogP contribution < -0.4 is 10.9 Å². The van der Waals surface area contributed by atoms with E-state index >= 15 is 0 Å². The first-order valence-electron chi connectivity index (χ1n) is 9.16. The number of rotatable bonds is 4. The van der Waals surface area contributed by atoms with Crippen LogP contribution in [0.25, 0.3) is 17.2 Å². The van der Waals surface area contributed by atoms with Crippen molar-refractivity contribution in [2.24, 2.45) is 0 Å². The molecule has 0 radical (unpaired) electrons. The van der Waals surface area contributed by atoms with Crippen molar-refractivity contribution in [2.45, 2.75) is 46.7 Å². The molecule has 0 aliphatic carbocycles. The van der Waals surface area contributed by atoms with Crippen LogP contribution in [-0.2, 0) is 11.3 Å². The monoisotopic (exact) mass is 379 g/mol. The molecule has 3 rings (SSSR count). The number of benzene rings is 1. The zero-order valence-electron chi connectivity index (χ0n) is 16.9. The van der Waals surface area contributed by atoms with Crippen LogP contribution in [0.1, 0.15) is 32.2 Å². The fourth-order valence-electron chi connectivity index (χ4n) is 2.99. The average Bonchev–Trinajstić information content (AvgIpc) is 2.94. The Labute approximate surface area is 164 Å². The zero-order valence-corrected chi connectivity index (χ0v) is 16.9. The van der Waals surface area contributed by atoms with Crippen molar-refractivity contribution in [1.82, 2.24) is 24.6 Å². The molecule has 28 heavy (non-hydrogen) atoms. The third-order valence-electron chi connectivity index (χ3n) is 4.07. The lowest BCUT2D eigenvalue weighted by molar-refractivity contribution is -0.123. The lowest BCUT2D eigenvalue weighted by Gasteiger charge is -2.21. The van der Waals surface area contributed by atoms with Gasteiger partial charge < -0.3 is 5.32 Å². The second kappa shape index (κ2) is 7.42. The first-order chi connectivity index (χ1) is 13.1. The normalized spacial score (nSPS) is 11.5. The number of aromatic nitrogens is 4. The highest BCUT2D eigenvalue weighted by molar-refractivity contribution is 5.76. The maximum absolute atomic E-state index is 12.9. The number of nitrogens with zero attached hydrogens (tertiary/aromatic N) is 4. The Morgan fingerprint density at radius 3 is 2.36 bits per heavy atom. The summed E-state index contributed by atoms with van der Waals surface area (Å²) in [5.74, 6) is 0.0626. The number of amides is 1. The van der Waals surface area contributed by atoms with Gasteiger partial charge in [-0.2, -0.15) is 5.10 Å². The van der Waals surface area contributed by atoms with Gasteiger partial charge in [-0.15, -0.1) is 0 Å². The standard InChI is InChI=1S/C21H25N5O2/c1-14-11-15(2)26(24-14)20-22-17(16-9-7-6-8-10-16)12-19(28)25(20)13-18(27)23-21(3,4)5/h6-12H,13H2,1-5H3,(H,23,27). The summed E-state index contributed by atoms with van der Waals surface area (Å²) in [6.07, 6.45) is 0. The topological polar surface area (TPSA) is 81.8 Å². The molecule has 7 heteroatoms. The SMILES string of the molecule is Cc1cc(C)n(-c2nc(-c3ccccc3)cc(=O)n2CC(=O)NC(C)(C)C)n1. The largest absolute Gasteiger partial charge is 0.350 e. The smallest absolute Gasteiger partial charge is 0.256 e. The van der Waals surface area contributed by atoms with Crippen molar-refractivity contribution < 1.29 is 4.79 Å². The quantitative estimate of drug-likeness (QED) is 0.755. The van der Waals surface area contributed by atoms with Gasteiger partial charge in [-0.25, -0.2) is 9.67 Å². The Balaban J connectivity index is 2.14. The molecule has 0 saturated heterocycles. The molecule has 7 nitrogen and oxygen atoms in total. The lowest BCUT2D eigenvalue weighted by atomic mass is 10.1. The van der Waals surface area contributed by atoms with E-state index in [1.165, 1.54) is 10.6 Å². The summed E-state index contributed by atoms with van der Waals surface area (Å²) < 4.78 is 2.96. The van der Waals surface area contributed by atoms with Gasteiger partial charge in [0.25, 0.3) is 5.56 Å². The van der Waals surface area contributed by atoms with E-state index in [9.17, 15) is 9.59 Å². The summed E-state index contributed by atoms with van der Waals surface area (Å²) in [4.78, 5) is 30.1. The summed E-state index contributed by atoms with van der Waals surface area (Å²) in [5, 5.41) is 7.35. The highest BCUT2D eigenvalue weighted by Crippen LogP contribution is 2.17. The van der Waals surface area contributed by atoms with E-state index in [1.54, 1.807) is 4.68 Å². The molecule has 0 fully saturated rings. The second-order valence-electron chi connectivity index (χ2n) is 7.87. The van der Waals surface area contributed by atoms with Gasteiger partial charge >= 0.3 is 0 Å². The van der Waals surface area contributed by atoms with Crippen LogP contribution in [0.5, 0.6) is 0 Å². The van der Waals surface area contributed by atoms with E-state index in [0.29, 0.717) is 11.6 Å². The van der Waals surface area contributed by atoms with Crippen LogP contribution in [0.15, 0.2) is 47.3 Å². The Morgan fingerprint density at radius 2 is 1.79 bits per heavy atom. The van der Waals surface area contributed by atoms with Crippen molar-refractivity contribution in [3.8, 4) is 17.2 Å². The Bertz CT molecular complexity index is 1060. The fraction of sp³-hybridized carbons (Fsp3) is 0.333. The van der Waals surface area contributed by atoms with Crippen LogP contribution >= 0.6 is 0 Å². The molecular weight excluding hydrogens is 354 g/mol. The predicted molar refractivity (Wildman–Crippen MR) is 108 cm³/mol. The molecule has 2 aromatic heterocycles. The van der Waals surface area contributed by atoms with Crippen molar-refractivity contribution in [3.63, 3.8) is 0 Å². The predicted octanol–water partition coefficient (Wildman–Crippen LogP) is 2.63. The van der Waals surface area contributed by atoms with E-state index in [1.807, 2.05) is 71.0 Å². The van der Waals surface area contributed by atoms with E-state index in [0.717, 1.165) is 17.0 Å². The Morgan fingerprint density at radius 1 is 1.11 bits per heavy atom. The third kappa shape index (κ3) is 4.36. The van der Waals surface area contributed by atoms with Crippen LogP contribution in [0, 0.1) is 13.8 Å². The number of hydrogen-bond donors (Lipinski definition) is 1. The molecule has 146 valence electrons. The van der Waals surface area contributed by atoms with Crippen molar-refractivity contribution in [1.29, 1.82) is 0 Å². The van der Waals surface area contributed by atoms with E-state index in [-0.39, 0.29) is 18.0 Å². The molecule has 2 heterocycles. The molecule has 0 bridgehead atoms. The van der Waals surface area contributed by atoms with Crippen LogP contribution in [-0.4, -0.2) is 30.8 Å². The molecule has 1 N–H and O–H groups in total. The number of carbonyl (C=O) groups is 1. The van der Waals surface area contributed by atoms with Crippen molar-refractivity contribution >= 4 is 5.91 Å². The van der Waals surface area contributed by atoms with E-state index in [2.05, 4.69) is 15.4 Å². The summed E-state index contributed by atoms with van der Waals surface area (Å²) >= 11 is 0. The lowest BCUT2D eigenvalue weighted by Crippen LogP contribution is -2.44. The highest BCUT2D eigenvalue weighted by atomic mass is 16.2. The van der Waals surface area contributed by atoms with Crippen LogP contribution in [0.4, 0.5) is 0 Å². The summed E-state index contributed by atoms with van der Waals surface area (Å²) in [6.45, 7) is 9.32. The second-order valence-corrected chi connectivity index (χ2v) is 7.87. The van der Waals surface area contributed by atoms with Gasteiger partial charge in [0.2, 0.25) is 11.9 Å². The molecule has 0 atom stereocenters. The summed E-state index contributed by atoms with van der Waals surface area (Å²) in [6, 6.07) is 12.8. The van der Waals surface area contributed by atoms with Gasteiger partial charge in [0.05, 0.1) is 11.4 Å². The average molecular weight is 379 g/mol. The molecule has 1 amide bonds. The number of nitrogens with one attached hydrogen (secondary N) is 1. The minimum atomic E-state index is -0.392. The first-order valence-corrected chi connectivity index (χ1v) is 9.16. The zero-order chi connectivity index (χ0) is 20.5. The van der Waals surface area contributed by atoms with Crippen molar-refractivity contribution in [2.75, 3.05) is 0 Å². The Hall–Kier alpha value is -3.22. The van der Waals surface area contributed by atoms with Gasteiger partial charge in [-0.1, -0.05) is 30.3 Å². The van der Waals surface area contributed by atoms with Gasteiger partial charge in [0.15, 0.2) is 0 Å². The van der Waals surface area contributed by atoms with Crippen LogP contribution in [0.2, 0.25) is 0 Å². The minimum absolute atomic E-state index is 0.133. The molecule has 0 spiro atoms. The molecule has 0 aliphatic rings. The number of carbonyl (C=O) groups excluding carboxylic acids is 1. The van der Waals surface area contributed by atoms with E-state index < -0.39 is 5.54 Å². The van der Waals surface area contributed by atoms with Crippen LogP contribution in [0.3, 0.4) is 0 Å². The van der Waals surface area contributed by atoms with Crippen molar-refractivity contribution in [3.05, 3.63) is 64.2 Å². The van der Waals surface area contributed by atoms with Gasteiger partial charge in [0.1, 0.15) is 6.54 Å². The fourth-order valence-corrected chi connectivity index (χ4v) is 2.99. The summed E-state index contributed by atoms with van der Waals surface area (Å²) in [5.41, 5.74) is 2.31. The molecule has 0 aliphatic heterocycles.